The molecule has 2 rings (SSSR count). The maximum absolute atomic E-state index is 12.1. The maximum atomic E-state index is 12.1. The Morgan fingerprint density at radius 2 is 1.96 bits per heavy atom. The second kappa shape index (κ2) is 9.46. The van der Waals surface area contributed by atoms with Gasteiger partial charge >= 0.3 is 5.97 Å². The number of benzene rings is 1. The van der Waals surface area contributed by atoms with E-state index in [1.807, 2.05) is 24.3 Å². The number of carbonyl (C=O) groups excluding carboxylic acids is 2. The second-order valence-corrected chi connectivity index (χ2v) is 7.67. The Labute approximate surface area is 166 Å². The van der Waals surface area contributed by atoms with Gasteiger partial charge in [0.15, 0.2) is 0 Å². The first-order valence-corrected chi connectivity index (χ1v) is 9.45. The van der Waals surface area contributed by atoms with Gasteiger partial charge in [-0.1, -0.05) is 39.0 Å². The van der Waals surface area contributed by atoms with Gasteiger partial charge in [0.2, 0.25) is 5.91 Å². The van der Waals surface area contributed by atoms with E-state index in [0.717, 1.165) is 22.3 Å². The Kier molecular flexibility index (Phi) is 7.29. The summed E-state index contributed by atoms with van der Waals surface area (Å²) in [6, 6.07) is 9.47. The van der Waals surface area contributed by atoms with E-state index in [1.165, 1.54) is 0 Å². The molecule has 0 radical (unpaired) electrons. The number of nitrogens with one attached hydrogen (secondary N) is 1. The van der Waals surface area contributed by atoms with Crippen molar-refractivity contribution in [3.8, 4) is 11.1 Å². The van der Waals surface area contributed by atoms with Gasteiger partial charge in [-0.05, 0) is 41.2 Å². The predicted molar refractivity (Wildman–Crippen MR) is 110 cm³/mol. The Hall–Kier alpha value is -2.73. The van der Waals surface area contributed by atoms with Crippen LogP contribution in [-0.2, 0) is 19.7 Å². The van der Waals surface area contributed by atoms with Gasteiger partial charge in [0.25, 0.3) is 0 Å². The van der Waals surface area contributed by atoms with Gasteiger partial charge in [-0.15, -0.1) is 0 Å². The summed E-state index contributed by atoms with van der Waals surface area (Å²) in [6.07, 6.45) is 3.56. The third kappa shape index (κ3) is 5.89. The van der Waals surface area contributed by atoms with E-state index in [-0.39, 0.29) is 30.3 Å². The largest absolute Gasteiger partial charge is 0.466 e. The summed E-state index contributed by atoms with van der Waals surface area (Å²) in [5.74, 6) is -0.688. The topological polar surface area (TPSA) is 94.3 Å². The smallest absolute Gasteiger partial charge is 0.308 e. The number of nitrogens with zero attached hydrogens (tertiary/aromatic N) is 1. The molecule has 0 fully saturated rings. The molecule has 0 saturated carbocycles. The van der Waals surface area contributed by atoms with E-state index in [9.17, 15) is 9.59 Å². The summed E-state index contributed by atoms with van der Waals surface area (Å²) in [5, 5.41) is 2.85. The third-order valence-electron chi connectivity index (χ3n) is 4.42. The summed E-state index contributed by atoms with van der Waals surface area (Å²) < 4.78 is 5.09. The minimum absolute atomic E-state index is 0.0413. The molecule has 6 heteroatoms. The Morgan fingerprint density at radius 1 is 1.21 bits per heavy atom. The molecule has 0 spiro atoms. The zero-order valence-corrected chi connectivity index (χ0v) is 17.0. The molecule has 150 valence electrons. The number of carbonyl (C=O) groups is 2. The number of hydrogen-bond donors (Lipinski definition) is 2. The molecule has 1 amide bonds. The molecule has 28 heavy (non-hydrogen) atoms. The summed E-state index contributed by atoms with van der Waals surface area (Å²) in [5.41, 5.74) is 9.24. The molecule has 0 aliphatic heterocycles. The van der Waals surface area contributed by atoms with Crippen LogP contribution in [0.1, 0.15) is 51.3 Å². The standard InChI is InChI=1S/C22H29N3O3/c1-5-28-21(27)12-19(25-20(26)13-23)17-9-16(15-7-6-8-24-14-15)10-18(11-17)22(2,3)4/h6-11,14,19H,5,12-13,23H2,1-4H3,(H,25,26)/t19-/m0/s1. The first-order chi connectivity index (χ1) is 13.2. The molecule has 0 saturated heterocycles. The van der Waals surface area contributed by atoms with E-state index in [2.05, 4.69) is 37.1 Å². The highest BCUT2D eigenvalue weighted by atomic mass is 16.5. The van der Waals surface area contributed by atoms with E-state index >= 15 is 0 Å². The molecule has 1 aromatic heterocycles. The number of amides is 1. The monoisotopic (exact) mass is 383 g/mol. The van der Waals surface area contributed by atoms with Crippen molar-refractivity contribution in [3.05, 3.63) is 53.9 Å². The normalized spacial score (nSPS) is 12.3. The fraction of sp³-hybridized carbons (Fsp3) is 0.409. The van der Waals surface area contributed by atoms with Crippen molar-refractivity contribution in [1.29, 1.82) is 0 Å². The quantitative estimate of drug-likeness (QED) is 0.717. The molecule has 1 aromatic carbocycles. The molecule has 2 aromatic rings. The van der Waals surface area contributed by atoms with Gasteiger partial charge in [0.05, 0.1) is 25.6 Å². The van der Waals surface area contributed by atoms with Crippen LogP contribution >= 0.6 is 0 Å². The Balaban J connectivity index is 2.53. The number of hydrogen-bond acceptors (Lipinski definition) is 5. The highest BCUT2D eigenvalue weighted by Gasteiger charge is 2.23. The van der Waals surface area contributed by atoms with Crippen LogP contribution in [0.2, 0.25) is 0 Å². The van der Waals surface area contributed by atoms with Crippen LogP contribution in [0.15, 0.2) is 42.7 Å². The fourth-order valence-electron chi connectivity index (χ4n) is 2.88. The summed E-state index contributed by atoms with van der Waals surface area (Å²) in [4.78, 5) is 28.3. The molecule has 0 bridgehead atoms. The van der Waals surface area contributed by atoms with Crippen LogP contribution < -0.4 is 11.1 Å². The molecule has 1 heterocycles. The molecule has 0 aliphatic carbocycles. The van der Waals surface area contributed by atoms with Crippen molar-refractivity contribution in [2.24, 2.45) is 5.73 Å². The Morgan fingerprint density at radius 3 is 2.54 bits per heavy atom. The van der Waals surface area contributed by atoms with Crippen molar-refractivity contribution in [3.63, 3.8) is 0 Å². The number of pyridine rings is 1. The molecule has 0 unspecified atom stereocenters. The molecular formula is C22H29N3O3. The van der Waals surface area contributed by atoms with Crippen LogP contribution in [0.5, 0.6) is 0 Å². The zero-order valence-electron chi connectivity index (χ0n) is 17.0. The van der Waals surface area contributed by atoms with Crippen molar-refractivity contribution < 1.29 is 14.3 Å². The number of esters is 1. The number of aromatic nitrogens is 1. The van der Waals surface area contributed by atoms with Gasteiger partial charge < -0.3 is 15.8 Å². The lowest BCUT2D eigenvalue weighted by Gasteiger charge is -2.25. The maximum Gasteiger partial charge on any atom is 0.308 e. The molecule has 0 aliphatic rings. The second-order valence-electron chi connectivity index (χ2n) is 7.67. The SMILES string of the molecule is CCOC(=O)C[C@H](NC(=O)CN)c1cc(-c2cccnc2)cc(C(C)(C)C)c1. The minimum Gasteiger partial charge on any atom is -0.466 e. The summed E-state index contributed by atoms with van der Waals surface area (Å²) >= 11 is 0. The van der Waals surface area contributed by atoms with Crippen LogP contribution in [0.4, 0.5) is 0 Å². The highest BCUT2D eigenvalue weighted by Crippen LogP contribution is 2.32. The van der Waals surface area contributed by atoms with Gasteiger partial charge in [0.1, 0.15) is 0 Å². The third-order valence-corrected chi connectivity index (χ3v) is 4.42. The van der Waals surface area contributed by atoms with Crippen molar-refractivity contribution in [1.82, 2.24) is 10.3 Å². The molecule has 1 atom stereocenters. The first kappa shape index (κ1) is 21.6. The van der Waals surface area contributed by atoms with E-state index in [4.69, 9.17) is 10.5 Å². The van der Waals surface area contributed by atoms with Crippen molar-refractivity contribution in [2.75, 3.05) is 13.2 Å². The number of rotatable bonds is 7. The van der Waals surface area contributed by atoms with Gasteiger partial charge in [0, 0.05) is 18.0 Å². The lowest BCUT2D eigenvalue weighted by molar-refractivity contribution is -0.143. The van der Waals surface area contributed by atoms with Crippen LogP contribution in [-0.4, -0.2) is 30.0 Å². The molecular weight excluding hydrogens is 354 g/mol. The van der Waals surface area contributed by atoms with Crippen LogP contribution in [0.25, 0.3) is 11.1 Å². The van der Waals surface area contributed by atoms with Crippen LogP contribution in [0, 0.1) is 0 Å². The van der Waals surface area contributed by atoms with E-state index < -0.39 is 6.04 Å². The molecule has 6 nitrogen and oxygen atoms in total. The van der Waals surface area contributed by atoms with Gasteiger partial charge in [-0.2, -0.15) is 0 Å². The summed E-state index contributed by atoms with van der Waals surface area (Å²) in [7, 11) is 0. The van der Waals surface area contributed by atoms with E-state index in [1.54, 1.807) is 19.3 Å². The van der Waals surface area contributed by atoms with Crippen LogP contribution in [0.3, 0.4) is 0 Å². The Bertz CT molecular complexity index is 814. The number of nitrogens with two attached hydrogens (primary N) is 1. The average molecular weight is 383 g/mol. The first-order valence-electron chi connectivity index (χ1n) is 9.45. The lowest BCUT2D eigenvalue weighted by atomic mass is 9.83. The highest BCUT2D eigenvalue weighted by molar-refractivity contribution is 5.80. The van der Waals surface area contributed by atoms with Crippen molar-refractivity contribution >= 4 is 11.9 Å². The summed E-state index contributed by atoms with van der Waals surface area (Å²) in [6.45, 7) is 8.27. The van der Waals surface area contributed by atoms with Gasteiger partial charge in [-0.25, -0.2) is 0 Å². The molecule has 3 N–H and O–H groups in total. The van der Waals surface area contributed by atoms with E-state index in [0.29, 0.717) is 6.61 Å². The predicted octanol–water partition coefficient (Wildman–Crippen LogP) is 3.12. The zero-order chi connectivity index (χ0) is 20.7. The lowest BCUT2D eigenvalue weighted by Crippen LogP contribution is -2.35. The minimum atomic E-state index is -0.521. The van der Waals surface area contributed by atoms with Gasteiger partial charge in [-0.3, -0.25) is 14.6 Å². The number of ether oxygens (including phenoxy) is 1. The average Bonchev–Trinajstić information content (AvgIpc) is 2.67. The van der Waals surface area contributed by atoms with Crippen molar-refractivity contribution in [2.45, 2.75) is 45.6 Å². The fourth-order valence-corrected chi connectivity index (χ4v) is 2.88.